The normalized spacial score (nSPS) is 22.6. The van der Waals surface area contributed by atoms with E-state index >= 15 is 0 Å². The highest BCUT2D eigenvalue weighted by molar-refractivity contribution is 5.46. The smallest absolute Gasteiger partial charge is 0.207 e. The van der Waals surface area contributed by atoms with Crippen LogP contribution in [-0.2, 0) is 9.53 Å². The second-order valence-corrected chi connectivity index (χ2v) is 3.69. The summed E-state index contributed by atoms with van der Waals surface area (Å²) in [5.74, 6) is 0. The van der Waals surface area contributed by atoms with E-state index in [1.54, 1.807) is 7.11 Å². The summed E-state index contributed by atoms with van der Waals surface area (Å²) in [5, 5.41) is 2.70. The number of piperidine rings is 1. The average Bonchev–Trinajstić information content (AvgIpc) is 2.18. The van der Waals surface area contributed by atoms with Gasteiger partial charge in [0.25, 0.3) is 0 Å². The Balaban J connectivity index is 2.44. The van der Waals surface area contributed by atoms with Crippen molar-refractivity contribution in [2.24, 2.45) is 0 Å². The van der Waals surface area contributed by atoms with E-state index in [1.165, 1.54) is 0 Å². The van der Waals surface area contributed by atoms with E-state index in [0.29, 0.717) is 6.54 Å². The van der Waals surface area contributed by atoms with Gasteiger partial charge in [-0.25, -0.2) is 0 Å². The van der Waals surface area contributed by atoms with E-state index in [0.717, 1.165) is 32.3 Å². The first-order valence-electron chi connectivity index (χ1n) is 4.63. The molecular weight excluding hydrogens is 168 g/mol. The van der Waals surface area contributed by atoms with Gasteiger partial charge in [0.15, 0.2) is 0 Å². The predicted octanol–water partition coefficient (Wildman–Crippen LogP) is -0.157. The number of likely N-dealkylation sites (tertiary alicyclic amines) is 1. The molecule has 1 aliphatic rings. The topological polar surface area (TPSA) is 41.6 Å². The molecule has 0 aliphatic carbocycles. The van der Waals surface area contributed by atoms with Crippen LogP contribution in [0.2, 0.25) is 0 Å². The first-order valence-corrected chi connectivity index (χ1v) is 4.63. The summed E-state index contributed by atoms with van der Waals surface area (Å²) in [6.45, 7) is 2.70. The molecule has 1 fully saturated rings. The maximum atomic E-state index is 10.2. The van der Waals surface area contributed by atoms with Gasteiger partial charge in [-0.2, -0.15) is 0 Å². The molecule has 1 heterocycles. The minimum Gasteiger partial charge on any atom is -0.376 e. The molecule has 0 spiro atoms. The monoisotopic (exact) mass is 186 g/mol. The van der Waals surface area contributed by atoms with Crippen LogP contribution < -0.4 is 5.32 Å². The molecule has 1 amide bonds. The molecule has 1 aliphatic heterocycles. The maximum absolute atomic E-state index is 10.2. The van der Waals surface area contributed by atoms with E-state index in [4.69, 9.17) is 4.74 Å². The predicted molar refractivity (Wildman–Crippen MR) is 50.5 cm³/mol. The van der Waals surface area contributed by atoms with Crippen molar-refractivity contribution in [1.82, 2.24) is 10.2 Å². The fourth-order valence-electron chi connectivity index (χ4n) is 1.71. The van der Waals surface area contributed by atoms with Gasteiger partial charge in [-0.3, -0.25) is 4.79 Å². The summed E-state index contributed by atoms with van der Waals surface area (Å²) in [6, 6.07) is 0. The number of hydrogen-bond donors (Lipinski definition) is 1. The van der Waals surface area contributed by atoms with Crippen molar-refractivity contribution >= 4 is 6.41 Å². The number of methoxy groups -OCH3 is 1. The van der Waals surface area contributed by atoms with Gasteiger partial charge in [0.2, 0.25) is 6.41 Å². The highest BCUT2D eigenvalue weighted by atomic mass is 16.5. The molecule has 0 unspecified atom stereocenters. The van der Waals surface area contributed by atoms with Crippen molar-refractivity contribution in [3.8, 4) is 0 Å². The number of nitrogens with zero attached hydrogens (tertiary/aromatic N) is 1. The van der Waals surface area contributed by atoms with E-state index in [9.17, 15) is 4.79 Å². The molecule has 76 valence electrons. The summed E-state index contributed by atoms with van der Waals surface area (Å²) in [7, 11) is 3.82. The average molecular weight is 186 g/mol. The van der Waals surface area contributed by atoms with E-state index in [1.807, 2.05) is 0 Å². The Labute approximate surface area is 79.2 Å². The largest absolute Gasteiger partial charge is 0.376 e. The first-order chi connectivity index (χ1) is 6.22. The van der Waals surface area contributed by atoms with Crippen molar-refractivity contribution in [2.75, 3.05) is 33.8 Å². The molecule has 1 rings (SSSR count). The lowest BCUT2D eigenvalue weighted by molar-refractivity contribution is -0.112. The summed E-state index contributed by atoms with van der Waals surface area (Å²) >= 11 is 0. The number of nitrogens with one attached hydrogen (secondary N) is 1. The van der Waals surface area contributed by atoms with E-state index in [2.05, 4.69) is 17.3 Å². The van der Waals surface area contributed by atoms with Crippen LogP contribution in [0.1, 0.15) is 12.8 Å². The summed E-state index contributed by atoms with van der Waals surface area (Å²) in [5.41, 5.74) is -0.132. The van der Waals surface area contributed by atoms with Crippen molar-refractivity contribution in [2.45, 2.75) is 18.4 Å². The summed E-state index contributed by atoms with van der Waals surface area (Å²) in [4.78, 5) is 12.5. The SMILES string of the molecule is COC1(CNC=O)CCN(C)CC1. The first kappa shape index (κ1) is 10.5. The van der Waals surface area contributed by atoms with Gasteiger partial charge >= 0.3 is 0 Å². The number of ether oxygens (including phenoxy) is 1. The molecule has 0 saturated carbocycles. The molecule has 1 saturated heterocycles. The molecule has 0 aromatic rings. The zero-order chi connectivity index (χ0) is 9.73. The standard InChI is InChI=1S/C9H18N2O2/c1-11-5-3-9(13-2,4-6-11)7-10-8-12/h8H,3-7H2,1-2H3,(H,10,12). The Kier molecular flexibility index (Phi) is 3.69. The number of rotatable bonds is 4. The van der Waals surface area contributed by atoms with Crippen LogP contribution in [0.15, 0.2) is 0 Å². The minimum absolute atomic E-state index is 0.132. The lowest BCUT2D eigenvalue weighted by atomic mass is 9.91. The molecule has 0 aromatic heterocycles. The van der Waals surface area contributed by atoms with Crippen molar-refractivity contribution in [3.63, 3.8) is 0 Å². The fourth-order valence-corrected chi connectivity index (χ4v) is 1.71. The third-order valence-electron chi connectivity index (χ3n) is 2.84. The van der Waals surface area contributed by atoms with Gasteiger partial charge < -0.3 is 15.0 Å². The number of carbonyl (C=O) groups excluding carboxylic acids is 1. The highest BCUT2D eigenvalue weighted by Crippen LogP contribution is 2.23. The number of amides is 1. The lowest BCUT2D eigenvalue weighted by Gasteiger charge is -2.39. The zero-order valence-electron chi connectivity index (χ0n) is 8.38. The molecule has 0 bridgehead atoms. The Hall–Kier alpha value is -0.610. The van der Waals surface area contributed by atoms with E-state index in [-0.39, 0.29) is 5.60 Å². The van der Waals surface area contributed by atoms with Crippen LogP contribution in [0, 0.1) is 0 Å². The molecule has 0 atom stereocenters. The third kappa shape index (κ3) is 2.67. The Morgan fingerprint density at radius 2 is 2.15 bits per heavy atom. The van der Waals surface area contributed by atoms with Gasteiger partial charge in [0, 0.05) is 26.7 Å². The van der Waals surface area contributed by atoms with Crippen LogP contribution in [0.4, 0.5) is 0 Å². The second-order valence-electron chi connectivity index (χ2n) is 3.69. The Bertz CT molecular complexity index is 165. The zero-order valence-corrected chi connectivity index (χ0v) is 8.38. The number of carbonyl (C=O) groups is 1. The van der Waals surface area contributed by atoms with Gasteiger partial charge in [-0.05, 0) is 19.9 Å². The van der Waals surface area contributed by atoms with Gasteiger partial charge in [-0.1, -0.05) is 0 Å². The van der Waals surface area contributed by atoms with Crippen LogP contribution >= 0.6 is 0 Å². The fraction of sp³-hybridized carbons (Fsp3) is 0.889. The maximum Gasteiger partial charge on any atom is 0.207 e. The summed E-state index contributed by atoms with van der Waals surface area (Å²) < 4.78 is 5.48. The minimum atomic E-state index is -0.132. The van der Waals surface area contributed by atoms with Crippen molar-refractivity contribution in [3.05, 3.63) is 0 Å². The van der Waals surface area contributed by atoms with Crippen molar-refractivity contribution < 1.29 is 9.53 Å². The molecule has 4 heteroatoms. The molecule has 1 N–H and O–H groups in total. The number of hydrogen-bond acceptors (Lipinski definition) is 3. The van der Waals surface area contributed by atoms with Crippen LogP contribution in [0.25, 0.3) is 0 Å². The van der Waals surface area contributed by atoms with Crippen LogP contribution in [0.3, 0.4) is 0 Å². The molecule has 4 nitrogen and oxygen atoms in total. The van der Waals surface area contributed by atoms with Crippen LogP contribution in [0.5, 0.6) is 0 Å². The molecule has 0 radical (unpaired) electrons. The lowest BCUT2D eigenvalue weighted by Crippen LogP contribution is -2.50. The van der Waals surface area contributed by atoms with E-state index < -0.39 is 0 Å². The van der Waals surface area contributed by atoms with Gasteiger partial charge in [0.05, 0.1) is 5.60 Å². The molecule has 0 aromatic carbocycles. The quantitative estimate of drug-likeness (QED) is 0.620. The second kappa shape index (κ2) is 4.58. The van der Waals surface area contributed by atoms with Crippen molar-refractivity contribution in [1.29, 1.82) is 0 Å². The van der Waals surface area contributed by atoms with Gasteiger partial charge in [-0.15, -0.1) is 0 Å². The third-order valence-corrected chi connectivity index (χ3v) is 2.84. The van der Waals surface area contributed by atoms with Crippen LogP contribution in [-0.4, -0.2) is 50.7 Å². The Morgan fingerprint density at radius 1 is 1.54 bits per heavy atom. The molecular formula is C9H18N2O2. The highest BCUT2D eigenvalue weighted by Gasteiger charge is 2.33. The molecule has 13 heavy (non-hydrogen) atoms. The Morgan fingerprint density at radius 3 is 2.62 bits per heavy atom. The summed E-state index contributed by atoms with van der Waals surface area (Å²) in [6.07, 6.45) is 2.71. The van der Waals surface area contributed by atoms with Gasteiger partial charge in [0.1, 0.15) is 0 Å².